The van der Waals surface area contributed by atoms with Gasteiger partial charge in [0.25, 0.3) is 0 Å². The third-order valence-corrected chi connectivity index (χ3v) is 2.80. The highest BCUT2D eigenvalue weighted by atomic mass is 16.5. The van der Waals surface area contributed by atoms with E-state index in [2.05, 4.69) is 11.8 Å². The van der Waals surface area contributed by atoms with Gasteiger partial charge in [0.2, 0.25) is 0 Å². The Morgan fingerprint density at radius 3 is 2.67 bits per heavy atom. The van der Waals surface area contributed by atoms with Gasteiger partial charge in [0.1, 0.15) is 11.9 Å². The van der Waals surface area contributed by atoms with Crippen molar-refractivity contribution in [1.82, 2.24) is 4.90 Å². The Morgan fingerprint density at radius 2 is 2.00 bits per heavy atom. The number of hydrogen-bond acceptors (Lipinski definition) is 2. The Morgan fingerprint density at radius 1 is 1.27 bits per heavy atom. The van der Waals surface area contributed by atoms with Gasteiger partial charge >= 0.3 is 0 Å². The lowest BCUT2D eigenvalue weighted by molar-refractivity contribution is 0.0193. The Balaban J connectivity index is 1.68. The topological polar surface area (TPSA) is 12.5 Å². The van der Waals surface area contributed by atoms with Crippen LogP contribution >= 0.6 is 0 Å². The minimum Gasteiger partial charge on any atom is -0.488 e. The molecule has 1 aromatic rings. The van der Waals surface area contributed by atoms with Crippen molar-refractivity contribution in [3.63, 3.8) is 0 Å². The monoisotopic (exact) mass is 205 g/mol. The first-order valence-corrected chi connectivity index (χ1v) is 5.82. The number of likely N-dealkylation sites (tertiary alicyclic amines) is 1. The van der Waals surface area contributed by atoms with Crippen molar-refractivity contribution in [2.75, 3.05) is 19.6 Å². The SMILES string of the molecule is CCCCN1CC(Oc2ccccc2)C1. The van der Waals surface area contributed by atoms with Crippen LogP contribution in [0.5, 0.6) is 5.75 Å². The van der Waals surface area contributed by atoms with Crippen LogP contribution in [0.3, 0.4) is 0 Å². The normalized spacial score (nSPS) is 17.4. The van der Waals surface area contributed by atoms with Crippen molar-refractivity contribution < 1.29 is 4.74 Å². The number of para-hydroxylation sites is 1. The van der Waals surface area contributed by atoms with Gasteiger partial charge in [0, 0.05) is 13.1 Å². The molecule has 82 valence electrons. The molecule has 2 heteroatoms. The Kier molecular flexibility index (Phi) is 3.62. The maximum absolute atomic E-state index is 5.82. The number of rotatable bonds is 5. The molecule has 2 nitrogen and oxygen atoms in total. The predicted molar refractivity (Wildman–Crippen MR) is 62.2 cm³/mol. The van der Waals surface area contributed by atoms with E-state index in [0.29, 0.717) is 6.10 Å². The molecule has 1 aliphatic heterocycles. The van der Waals surface area contributed by atoms with Crippen LogP contribution in [0.4, 0.5) is 0 Å². The Labute approximate surface area is 91.9 Å². The molecule has 0 radical (unpaired) electrons. The standard InChI is InChI=1S/C13H19NO/c1-2-3-9-14-10-13(11-14)15-12-7-5-4-6-8-12/h4-8,13H,2-3,9-11H2,1H3. The molecule has 0 aromatic heterocycles. The van der Waals surface area contributed by atoms with E-state index in [1.807, 2.05) is 30.3 Å². The summed E-state index contributed by atoms with van der Waals surface area (Å²) < 4.78 is 5.82. The van der Waals surface area contributed by atoms with E-state index < -0.39 is 0 Å². The molecule has 0 saturated carbocycles. The summed E-state index contributed by atoms with van der Waals surface area (Å²) in [5, 5.41) is 0. The van der Waals surface area contributed by atoms with Crippen molar-refractivity contribution >= 4 is 0 Å². The van der Waals surface area contributed by atoms with Gasteiger partial charge in [-0.25, -0.2) is 0 Å². The van der Waals surface area contributed by atoms with E-state index in [1.165, 1.54) is 19.4 Å². The van der Waals surface area contributed by atoms with Crippen LogP contribution in [0.1, 0.15) is 19.8 Å². The number of hydrogen-bond donors (Lipinski definition) is 0. The number of nitrogens with zero attached hydrogens (tertiary/aromatic N) is 1. The molecule has 1 heterocycles. The first-order chi connectivity index (χ1) is 7.38. The second-order valence-electron chi connectivity index (χ2n) is 4.17. The van der Waals surface area contributed by atoms with E-state index in [9.17, 15) is 0 Å². The summed E-state index contributed by atoms with van der Waals surface area (Å²) in [6.07, 6.45) is 2.99. The predicted octanol–water partition coefficient (Wildman–Crippen LogP) is 2.55. The fraction of sp³-hybridized carbons (Fsp3) is 0.538. The maximum Gasteiger partial charge on any atom is 0.124 e. The number of ether oxygens (including phenoxy) is 1. The molecule has 0 spiro atoms. The van der Waals surface area contributed by atoms with Crippen molar-refractivity contribution in [1.29, 1.82) is 0 Å². The van der Waals surface area contributed by atoms with Gasteiger partial charge in [-0.15, -0.1) is 0 Å². The molecule has 1 aliphatic rings. The molecular weight excluding hydrogens is 186 g/mol. The highest BCUT2D eigenvalue weighted by Crippen LogP contribution is 2.17. The van der Waals surface area contributed by atoms with Gasteiger partial charge in [-0.2, -0.15) is 0 Å². The van der Waals surface area contributed by atoms with Crippen LogP contribution in [-0.4, -0.2) is 30.6 Å². The molecule has 15 heavy (non-hydrogen) atoms. The molecular formula is C13H19NO. The van der Waals surface area contributed by atoms with Gasteiger partial charge in [-0.05, 0) is 25.1 Å². The van der Waals surface area contributed by atoms with Crippen LogP contribution in [0.25, 0.3) is 0 Å². The summed E-state index contributed by atoms with van der Waals surface area (Å²) in [5.41, 5.74) is 0. The molecule has 0 unspecified atom stereocenters. The summed E-state index contributed by atoms with van der Waals surface area (Å²) in [5.74, 6) is 0.998. The smallest absolute Gasteiger partial charge is 0.124 e. The van der Waals surface area contributed by atoms with Gasteiger partial charge in [-0.3, -0.25) is 4.90 Å². The minimum atomic E-state index is 0.407. The minimum absolute atomic E-state index is 0.407. The van der Waals surface area contributed by atoms with Crippen LogP contribution in [0.2, 0.25) is 0 Å². The Hall–Kier alpha value is -1.02. The highest BCUT2D eigenvalue weighted by Gasteiger charge is 2.27. The fourth-order valence-corrected chi connectivity index (χ4v) is 1.85. The zero-order valence-corrected chi connectivity index (χ0v) is 9.36. The third kappa shape index (κ3) is 2.96. The summed E-state index contributed by atoms with van der Waals surface area (Å²) in [6, 6.07) is 10.1. The third-order valence-electron chi connectivity index (χ3n) is 2.80. The molecule has 0 N–H and O–H groups in total. The van der Waals surface area contributed by atoms with E-state index >= 15 is 0 Å². The molecule has 1 aromatic carbocycles. The zero-order chi connectivity index (χ0) is 10.5. The quantitative estimate of drug-likeness (QED) is 0.732. The number of benzene rings is 1. The zero-order valence-electron chi connectivity index (χ0n) is 9.36. The van der Waals surface area contributed by atoms with E-state index in [1.54, 1.807) is 0 Å². The first-order valence-electron chi connectivity index (χ1n) is 5.82. The molecule has 2 rings (SSSR count). The summed E-state index contributed by atoms with van der Waals surface area (Å²) in [7, 11) is 0. The van der Waals surface area contributed by atoms with Gasteiger partial charge in [0.05, 0.1) is 0 Å². The second-order valence-corrected chi connectivity index (χ2v) is 4.17. The lowest BCUT2D eigenvalue weighted by atomic mass is 10.1. The van der Waals surface area contributed by atoms with Gasteiger partial charge in [-0.1, -0.05) is 31.5 Å². The van der Waals surface area contributed by atoms with Crippen LogP contribution < -0.4 is 4.74 Å². The van der Waals surface area contributed by atoms with Crippen molar-refractivity contribution in [3.05, 3.63) is 30.3 Å². The van der Waals surface area contributed by atoms with Crippen molar-refractivity contribution in [2.24, 2.45) is 0 Å². The van der Waals surface area contributed by atoms with Gasteiger partial charge in [0.15, 0.2) is 0 Å². The number of unbranched alkanes of at least 4 members (excludes halogenated alkanes) is 1. The lowest BCUT2D eigenvalue weighted by Gasteiger charge is -2.38. The fourth-order valence-electron chi connectivity index (χ4n) is 1.85. The lowest BCUT2D eigenvalue weighted by Crippen LogP contribution is -2.53. The maximum atomic E-state index is 5.82. The summed E-state index contributed by atoms with van der Waals surface area (Å²) in [4.78, 5) is 2.46. The van der Waals surface area contributed by atoms with Gasteiger partial charge < -0.3 is 4.74 Å². The average molecular weight is 205 g/mol. The first kappa shape index (κ1) is 10.5. The van der Waals surface area contributed by atoms with E-state index in [-0.39, 0.29) is 0 Å². The van der Waals surface area contributed by atoms with Crippen LogP contribution in [0.15, 0.2) is 30.3 Å². The molecule has 0 amide bonds. The summed E-state index contributed by atoms with van der Waals surface area (Å²) >= 11 is 0. The molecule has 0 atom stereocenters. The second kappa shape index (κ2) is 5.17. The molecule has 0 aliphatic carbocycles. The van der Waals surface area contributed by atoms with Crippen LogP contribution in [-0.2, 0) is 0 Å². The van der Waals surface area contributed by atoms with E-state index in [4.69, 9.17) is 4.74 Å². The molecule has 1 fully saturated rings. The van der Waals surface area contributed by atoms with Crippen LogP contribution in [0, 0.1) is 0 Å². The highest BCUT2D eigenvalue weighted by molar-refractivity contribution is 5.21. The largest absolute Gasteiger partial charge is 0.488 e. The van der Waals surface area contributed by atoms with Crippen molar-refractivity contribution in [3.8, 4) is 5.75 Å². The molecule has 0 bridgehead atoms. The van der Waals surface area contributed by atoms with E-state index in [0.717, 1.165) is 18.8 Å². The van der Waals surface area contributed by atoms with Crippen molar-refractivity contribution in [2.45, 2.75) is 25.9 Å². The average Bonchev–Trinajstić information content (AvgIpc) is 2.23. The molecule has 1 saturated heterocycles. The Bertz CT molecular complexity index is 280. The summed E-state index contributed by atoms with van der Waals surface area (Å²) in [6.45, 7) is 5.65.